The number of hydrogen-bond acceptors (Lipinski definition) is 3. The standard InChI is InChI=1S/C24H29Cl3N2O2S/c1-3-5-12-28-24(31)22(4-2)29(14-17-10-11-20(26)21(27)13-17)23(30)16-32-15-18-8-6-7-9-19(18)25/h6-11,13,22H,3-5,12,14-16H2,1-2H3,(H,28,31). The molecule has 0 aromatic heterocycles. The summed E-state index contributed by atoms with van der Waals surface area (Å²) in [7, 11) is 0. The van der Waals surface area contributed by atoms with Crippen LogP contribution in [0.15, 0.2) is 42.5 Å². The van der Waals surface area contributed by atoms with Gasteiger partial charge in [0.25, 0.3) is 0 Å². The lowest BCUT2D eigenvalue weighted by atomic mass is 10.1. The van der Waals surface area contributed by atoms with Crippen LogP contribution in [0.5, 0.6) is 0 Å². The Kier molecular flexibility index (Phi) is 11.7. The van der Waals surface area contributed by atoms with E-state index in [1.165, 1.54) is 11.8 Å². The molecule has 1 atom stereocenters. The van der Waals surface area contributed by atoms with Crippen LogP contribution >= 0.6 is 46.6 Å². The maximum absolute atomic E-state index is 13.2. The zero-order valence-corrected chi connectivity index (χ0v) is 21.5. The van der Waals surface area contributed by atoms with Gasteiger partial charge in [0.15, 0.2) is 0 Å². The lowest BCUT2D eigenvalue weighted by molar-refractivity contribution is -0.139. The van der Waals surface area contributed by atoms with Gasteiger partial charge in [-0.05, 0) is 42.2 Å². The molecule has 1 N–H and O–H groups in total. The van der Waals surface area contributed by atoms with Gasteiger partial charge in [-0.1, -0.05) is 79.3 Å². The molecule has 0 aliphatic carbocycles. The molecule has 0 aliphatic rings. The normalized spacial score (nSPS) is 11.8. The molecule has 2 amide bonds. The molecule has 4 nitrogen and oxygen atoms in total. The van der Waals surface area contributed by atoms with E-state index < -0.39 is 6.04 Å². The summed E-state index contributed by atoms with van der Waals surface area (Å²) < 4.78 is 0. The molecule has 0 fully saturated rings. The predicted octanol–water partition coefficient (Wildman–Crippen LogP) is 6.60. The smallest absolute Gasteiger partial charge is 0.242 e. The highest BCUT2D eigenvalue weighted by Gasteiger charge is 2.28. The highest BCUT2D eigenvalue weighted by atomic mass is 35.5. The average Bonchev–Trinajstić information content (AvgIpc) is 2.77. The van der Waals surface area contributed by atoms with E-state index in [4.69, 9.17) is 34.8 Å². The number of nitrogens with zero attached hydrogens (tertiary/aromatic N) is 1. The van der Waals surface area contributed by atoms with Gasteiger partial charge in [-0.3, -0.25) is 9.59 Å². The van der Waals surface area contributed by atoms with Crippen molar-refractivity contribution in [1.29, 1.82) is 0 Å². The van der Waals surface area contributed by atoms with E-state index in [9.17, 15) is 9.59 Å². The van der Waals surface area contributed by atoms with Gasteiger partial charge in [0, 0.05) is 23.9 Å². The zero-order chi connectivity index (χ0) is 23.5. The van der Waals surface area contributed by atoms with Crippen molar-refractivity contribution in [3.05, 3.63) is 68.7 Å². The van der Waals surface area contributed by atoms with Gasteiger partial charge in [-0.15, -0.1) is 11.8 Å². The molecule has 0 bridgehead atoms. The van der Waals surface area contributed by atoms with Gasteiger partial charge in [0.2, 0.25) is 11.8 Å². The highest BCUT2D eigenvalue weighted by Crippen LogP contribution is 2.25. The van der Waals surface area contributed by atoms with E-state index in [0.29, 0.717) is 33.8 Å². The Morgan fingerprint density at radius 2 is 1.78 bits per heavy atom. The minimum absolute atomic E-state index is 0.106. The molecule has 0 spiro atoms. The third-order valence-corrected chi connectivity index (χ3v) is 7.07. The van der Waals surface area contributed by atoms with Crippen LogP contribution in [-0.2, 0) is 21.9 Å². The van der Waals surface area contributed by atoms with Gasteiger partial charge in [0.05, 0.1) is 15.8 Å². The molecule has 0 radical (unpaired) electrons. The number of carbonyl (C=O) groups is 2. The molecule has 2 rings (SSSR count). The molecule has 0 saturated heterocycles. The molecule has 0 saturated carbocycles. The molecule has 2 aromatic rings. The van der Waals surface area contributed by atoms with Crippen LogP contribution in [0.25, 0.3) is 0 Å². The molecular weight excluding hydrogens is 487 g/mol. The zero-order valence-electron chi connectivity index (χ0n) is 18.4. The number of benzene rings is 2. The van der Waals surface area contributed by atoms with Crippen LogP contribution in [0.1, 0.15) is 44.2 Å². The Bertz CT molecular complexity index is 911. The van der Waals surface area contributed by atoms with Crippen molar-refractivity contribution in [2.75, 3.05) is 12.3 Å². The highest BCUT2D eigenvalue weighted by molar-refractivity contribution is 7.99. The Labute approximate surface area is 210 Å². The quantitative estimate of drug-likeness (QED) is 0.324. The molecular formula is C24H29Cl3N2O2S. The van der Waals surface area contributed by atoms with Crippen molar-refractivity contribution in [2.24, 2.45) is 0 Å². The molecule has 0 aliphatic heterocycles. The molecule has 1 unspecified atom stereocenters. The summed E-state index contributed by atoms with van der Waals surface area (Å²) in [6.07, 6.45) is 2.40. The van der Waals surface area contributed by atoms with Crippen LogP contribution in [0, 0.1) is 0 Å². The van der Waals surface area contributed by atoms with Crippen LogP contribution in [0.3, 0.4) is 0 Å². The SMILES string of the molecule is CCCCNC(=O)C(CC)N(Cc1ccc(Cl)c(Cl)c1)C(=O)CSCc1ccccc1Cl. The summed E-state index contributed by atoms with van der Waals surface area (Å²) >= 11 is 19.9. The number of hydrogen-bond donors (Lipinski definition) is 1. The predicted molar refractivity (Wildman–Crippen MR) is 137 cm³/mol. The summed E-state index contributed by atoms with van der Waals surface area (Å²) in [6, 6.07) is 12.3. The monoisotopic (exact) mass is 514 g/mol. The van der Waals surface area contributed by atoms with E-state index in [1.807, 2.05) is 37.3 Å². The fraction of sp³-hybridized carbons (Fsp3) is 0.417. The molecule has 8 heteroatoms. The molecule has 174 valence electrons. The van der Waals surface area contributed by atoms with Crippen molar-refractivity contribution in [3.8, 4) is 0 Å². The van der Waals surface area contributed by atoms with Crippen molar-refractivity contribution < 1.29 is 9.59 Å². The van der Waals surface area contributed by atoms with Gasteiger partial charge in [-0.2, -0.15) is 0 Å². The van der Waals surface area contributed by atoms with Crippen molar-refractivity contribution in [3.63, 3.8) is 0 Å². The van der Waals surface area contributed by atoms with Crippen molar-refractivity contribution in [1.82, 2.24) is 10.2 Å². The lowest BCUT2D eigenvalue weighted by Gasteiger charge is -2.30. The first-order chi connectivity index (χ1) is 15.4. The third kappa shape index (κ3) is 8.18. The summed E-state index contributed by atoms with van der Waals surface area (Å²) in [6.45, 7) is 4.86. The first kappa shape index (κ1) is 26.8. The van der Waals surface area contributed by atoms with Crippen molar-refractivity contribution in [2.45, 2.75) is 51.4 Å². The van der Waals surface area contributed by atoms with Gasteiger partial charge in [0.1, 0.15) is 6.04 Å². The second kappa shape index (κ2) is 14.0. The molecule has 0 heterocycles. The Hall–Kier alpha value is -1.40. The maximum atomic E-state index is 13.2. The summed E-state index contributed by atoms with van der Waals surface area (Å²) in [5, 5.41) is 4.52. The van der Waals surface area contributed by atoms with Crippen LogP contribution in [0.4, 0.5) is 0 Å². The number of thioether (sulfide) groups is 1. The largest absolute Gasteiger partial charge is 0.354 e. The van der Waals surface area contributed by atoms with Crippen LogP contribution in [-0.4, -0.2) is 35.1 Å². The third-order valence-electron chi connectivity index (χ3n) is 4.99. The fourth-order valence-electron chi connectivity index (χ4n) is 3.21. The minimum atomic E-state index is -0.560. The summed E-state index contributed by atoms with van der Waals surface area (Å²) in [5.41, 5.74) is 1.80. The average molecular weight is 516 g/mol. The van der Waals surface area contributed by atoms with E-state index in [1.54, 1.807) is 17.0 Å². The first-order valence-corrected chi connectivity index (χ1v) is 13.0. The van der Waals surface area contributed by atoms with Crippen LogP contribution in [0.2, 0.25) is 15.1 Å². The summed E-state index contributed by atoms with van der Waals surface area (Å²) in [4.78, 5) is 27.8. The fourth-order valence-corrected chi connectivity index (χ4v) is 4.72. The summed E-state index contributed by atoms with van der Waals surface area (Å²) in [5.74, 6) is 0.618. The topological polar surface area (TPSA) is 49.4 Å². The van der Waals surface area contributed by atoms with E-state index >= 15 is 0 Å². The van der Waals surface area contributed by atoms with E-state index in [-0.39, 0.29) is 24.1 Å². The Morgan fingerprint density at radius 1 is 1.03 bits per heavy atom. The van der Waals surface area contributed by atoms with Gasteiger partial charge in [-0.25, -0.2) is 0 Å². The number of carbonyl (C=O) groups excluding carboxylic acids is 2. The van der Waals surface area contributed by atoms with Crippen molar-refractivity contribution >= 4 is 58.4 Å². The Balaban J connectivity index is 2.15. The second-order valence-electron chi connectivity index (χ2n) is 7.42. The number of amides is 2. The minimum Gasteiger partial charge on any atom is -0.354 e. The molecule has 32 heavy (non-hydrogen) atoms. The number of nitrogens with one attached hydrogen (secondary N) is 1. The van der Waals surface area contributed by atoms with Gasteiger partial charge < -0.3 is 10.2 Å². The van der Waals surface area contributed by atoms with E-state index in [2.05, 4.69) is 12.2 Å². The number of halogens is 3. The maximum Gasteiger partial charge on any atom is 0.242 e. The number of rotatable bonds is 12. The molecule has 2 aromatic carbocycles. The first-order valence-electron chi connectivity index (χ1n) is 10.7. The number of unbranched alkanes of at least 4 members (excludes halogenated alkanes) is 1. The van der Waals surface area contributed by atoms with Gasteiger partial charge >= 0.3 is 0 Å². The lowest BCUT2D eigenvalue weighted by Crippen LogP contribution is -2.49. The van der Waals surface area contributed by atoms with Crippen LogP contribution < -0.4 is 5.32 Å². The Morgan fingerprint density at radius 3 is 2.44 bits per heavy atom. The second-order valence-corrected chi connectivity index (χ2v) is 9.63. The van der Waals surface area contributed by atoms with E-state index in [0.717, 1.165) is 24.0 Å².